The highest BCUT2D eigenvalue weighted by Crippen LogP contribution is 2.15. The van der Waals surface area contributed by atoms with E-state index in [1.165, 1.54) is 36.4 Å². The van der Waals surface area contributed by atoms with Gasteiger partial charge in [0.15, 0.2) is 0 Å². The highest BCUT2D eigenvalue weighted by Gasteiger charge is 2.13. The van der Waals surface area contributed by atoms with Crippen LogP contribution in [0.15, 0.2) is 53.4 Å². The molecule has 0 atom stereocenters. The van der Waals surface area contributed by atoms with Crippen LogP contribution in [0.1, 0.15) is 0 Å². The molecule has 0 amide bonds. The van der Waals surface area contributed by atoms with E-state index in [-0.39, 0.29) is 23.9 Å². The van der Waals surface area contributed by atoms with Gasteiger partial charge in [0.25, 0.3) is 0 Å². The summed E-state index contributed by atoms with van der Waals surface area (Å²) in [6, 6.07) is 11.5. The lowest BCUT2D eigenvalue weighted by molar-refractivity contribution is 0.322. The van der Waals surface area contributed by atoms with E-state index in [2.05, 4.69) is 4.72 Å². The molecule has 2 aromatic carbocycles. The van der Waals surface area contributed by atoms with Crippen LogP contribution >= 0.6 is 11.6 Å². The molecule has 7 heteroatoms. The van der Waals surface area contributed by atoms with Gasteiger partial charge in [-0.1, -0.05) is 17.7 Å². The Hall–Kier alpha value is -1.63. The summed E-state index contributed by atoms with van der Waals surface area (Å²) >= 11 is 5.76. The number of hydrogen-bond donors (Lipinski definition) is 1. The molecule has 0 aromatic heterocycles. The first-order valence-corrected chi connectivity index (χ1v) is 7.97. The Bertz CT molecular complexity index is 704. The van der Waals surface area contributed by atoms with E-state index in [9.17, 15) is 12.8 Å². The third kappa shape index (κ3) is 4.70. The summed E-state index contributed by atoms with van der Waals surface area (Å²) in [4.78, 5) is 0.0942. The Kier molecular flexibility index (Phi) is 5.17. The molecule has 2 aromatic rings. The fourth-order valence-corrected chi connectivity index (χ4v) is 2.91. The van der Waals surface area contributed by atoms with Crippen molar-refractivity contribution in [3.8, 4) is 5.75 Å². The van der Waals surface area contributed by atoms with E-state index in [1.54, 1.807) is 12.1 Å². The van der Waals surface area contributed by atoms with E-state index in [4.69, 9.17) is 16.3 Å². The van der Waals surface area contributed by atoms with E-state index in [0.29, 0.717) is 10.8 Å². The fourth-order valence-electron chi connectivity index (χ4n) is 1.59. The minimum atomic E-state index is -3.62. The number of nitrogens with one attached hydrogen (secondary N) is 1. The summed E-state index contributed by atoms with van der Waals surface area (Å²) < 4.78 is 44.3. The zero-order valence-corrected chi connectivity index (χ0v) is 12.5. The lowest BCUT2D eigenvalue weighted by Crippen LogP contribution is -2.28. The van der Waals surface area contributed by atoms with Crippen LogP contribution in [0.25, 0.3) is 0 Å². The zero-order chi connectivity index (χ0) is 15.3. The summed E-state index contributed by atoms with van der Waals surface area (Å²) in [6.45, 7) is 0.220. The summed E-state index contributed by atoms with van der Waals surface area (Å²) in [6.07, 6.45) is 0. The van der Waals surface area contributed by atoms with Gasteiger partial charge in [-0.05, 0) is 42.5 Å². The Morgan fingerprint density at radius 1 is 1.14 bits per heavy atom. The Morgan fingerprint density at radius 2 is 1.86 bits per heavy atom. The predicted molar refractivity (Wildman–Crippen MR) is 78.5 cm³/mol. The molecule has 0 fully saturated rings. The summed E-state index contributed by atoms with van der Waals surface area (Å²) in [7, 11) is -3.62. The van der Waals surface area contributed by atoms with Gasteiger partial charge in [-0.2, -0.15) is 0 Å². The number of benzene rings is 2. The molecule has 0 aliphatic heterocycles. The van der Waals surface area contributed by atoms with Crippen molar-refractivity contribution in [3.05, 3.63) is 59.4 Å². The number of rotatable bonds is 6. The van der Waals surface area contributed by atoms with Crippen molar-refractivity contribution in [2.75, 3.05) is 13.2 Å². The molecule has 0 bridgehead atoms. The lowest BCUT2D eigenvalue weighted by atomic mass is 10.3. The lowest BCUT2D eigenvalue weighted by Gasteiger charge is -2.08. The minimum Gasteiger partial charge on any atom is -0.492 e. The third-order valence-electron chi connectivity index (χ3n) is 2.58. The van der Waals surface area contributed by atoms with E-state index < -0.39 is 10.0 Å². The summed E-state index contributed by atoms with van der Waals surface area (Å²) in [5, 5.41) is 0.348. The quantitative estimate of drug-likeness (QED) is 0.829. The highest BCUT2D eigenvalue weighted by atomic mass is 35.5. The molecule has 0 radical (unpaired) electrons. The van der Waals surface area contributed by atoms with E-state index >= 15 is 0 Å². The van der Waals surface area contributed by atoms with Crippen molar-refractivity contribution >= 4 is 21.6 Å². The molecule has 1 N–H and O–H groups in total. The van der Waals surface area contributed by atoms with Crippen LogP contribution in [-0.2, 0) is 10.0 Å². The predicted octanol–water partition coefficient (Wildman–Crippen LogP) is 2.84. The van der Waals surface area contributed by atoms with E-state index in [1.807, 2.05) is 0 Å². The Balaban J connectivity index is 1.86. The highest BCUT2D eigenvalue weighted by molar-refractivity contribution is 7.89. The monoisotopic (exact) mass is 329 g/mol. The molecule has 21 heavy (non-hydrogen) atoms. The average Bonchev–Trinajstić information content (AvgIpc) is 2.45. The summed E-state index contributed by atoms with van der Waals surface area (Å²) in [5.74, 6) is 0.113. The van der Waals surface area contributed by atoms with Gasteiger partial charge in [0.1, 0.15) is 18.2 Å². The smallest absolute Gasteiger partial charge is 0.240 e. The number of hydrogen-bond acceptors (Lipinski definition) is 3. The topological polar surface area (TPSA) is 55.4 Å². The molecular weight excluding hydrogens is 317 g/mol. The van der Waals surface area contributed by atoms with Crippen LogP contribution in [0.3, 0.4) is 0 Å². The van der Waals surface area contributed by atoms with Crippen molar-refractivity contribution in [3.63, 3.8) is 0 Å². The molecule has 0 heterocycles. The largest absolute Gasteiger partial charge is 0.492 e. The molecule has 0 aliphatic carbocycles. The van der Waals surface area contributed by atoms with Gasteiger partial charge in [-0.3, -0.25) is 0 Å². The molecule has 2 rings (SSSR count). The zero-order valence-electron chi connectivity index (χ0n) is 10.9. The molecule has 0 aliphatic rings. The van der Waals surface area contributed by atoms with Crippen molar-refractivity contribution in [2.24, 2.45) is 0 Å². The number of halogens is 2. The number of ether oxygens (including phenoxy) is 1. The maximum atomic E-state index is 12.7. The second-order valence-electron chi connectivity index (χ2n) is 4.16. The van der Waals surface area contributed by atoms with Crippen LogP contribution in [0.4, 0.5) is 4.39 Å². The van der Waals surface area contributed by atoms with Crippen LogP contribution in [0, 0.1) is 5.82 Å². The van der Waals surface area contributed by atoms with Crippen molar-refractivity contribution < 1.29 is 17.5 Å². The Labute approximate surface area is 127 Å². The first-order valence-electron chi connectivity index (χ1n) is 6.11. The molecule has 112 valence electrons. The molecule has 0 unspecified atom stereocenters. The van der Waals surface area contributed by atoms with Gasteiger partial charge in [-0.15, -0.1) is 0 Å². The molecule has 0 saturated heterocycles. The molecule has 0 spiro atoms. The second kappa shape index (κ2) is 6.89. The molecule has 0 saturated carbocycles. The third-order valence-corrected chi connectivity index (χ3v) is 4.28. The average molecular weight is 330 g/mol. The van der Waals surface area contributed by atoms with Crippen molar-refractivity contribution in [1.82, 2.24) is 4.72 Å². The summed E-state index contributed by atoms with van der Waals surface area (Å²) in [5.41, 5.74) is 0. The fraction of sp³-hybridized carbons (Fsp3) is 0.143. The van der Waals surface area contributed by atoms with Gasteiger partial charge in [0, 0.05) is 11.6 Å². The maximum absolute atomic E-state index is 12.7. The van der Waals surface area contributed by atoms with E-state index in [0.717, 1.165) is 0 Å². The van der Waals surface area contributed by atoms with Crippen LogP contribution in [0.5, 0.6) is 5.75 Å². The van der Waals surface area contributed by atoms with Crippen molar-refractivity contribution in [2.45, 2.75) is 4.90 Å². The SMILES string of the molecule is O=S(=O)(NCCOc1ccc(F)cc1)c1cccc(Cl)c1. The van der Waals surface area contributed by atoms with Gasteiger partial charge in [0.05, 0.1) is 4.90 Å². The Morgan fingerprint density at radius 3 is 2.52 bits per heavy atom. The normalized spacial score (nSPS) is 11.3. The van der Waals surface area contributed by atoms with Crippen molar-refractivity contribution in [1.29, 1.82) is 0 Å². The van der Waals surface area contributed by atoms with Gasteiger partial charge in [0.2, 0.25) is 10.0 Å². The van der Waals surface area contributed by atoms with Crippen LogP contribution in [-0.4, -0.2) is 21.6 Å². The second-order valence-corrected chi connectivity index (χ2v) is 6.36. The van der Waals surface area contributed by atoms with Gasteiger partial charge in [-0.25, -0.2) is 17.5 Å². The van der Waals surface area contributed by atoms with Crippen LogP contribution < -0.4 is 9.46 Å². The van der Waals surface area contributed by atoms with Gasteiger partial charge >= 0.3 is 0 Å². The first kappa shape index (κ1) is 15.8. The van der Waals surface area contributed by atoms with Crippen LogP contribution in [0.2, 0.25) is 5.02 Å². The standard InChI is InChI=1S/C14H13ClFNO3S/c15-11-2-1-3-14(10-11)21(18,19)17-8-9-20-13-6-4-12(16)5-7-13/h1-7,10,17H,8-9H2. The molecular formula is C14H13ClFNO3S. The number of sulfonamides is 1. The first-order chi connectivity index (χ1) is 9.97. The minimum absolute atomic E-state index is 0.0895. The maximum Gasteiger partial charge on any atom is 0.240 e. The molecule has 4 nitrogen and oxygen atoms in total. The van der Waals surface area contributed by atoms with Gasteiger partial charge < -0.3 is 4.74 Å².